The van der Waals surface area contributed by atoms with Gasteiger partial charge in [-0.2, -0.15) is 0 Å². The van der Waals surface area contributed by atoms with E-state index in [0.29, 0.717) is 50.3 Å². The molecule has 1 fully saturated rings. The van der Waals surface area contributed by atoms with E-state index in [4.69, 9.17) is 4.74 Å². The number of hydrogen-bond acceptors (Lipinski definition) is 6. The number of aromatic nitrogens is 2. The summed E-state index contributed by atoms with van der Waals surface area (Å²) in [7, 11) is 0. The molecule has 0 radical (unpaired) electrons. The molecule has 1 saturated heterocycles. The van der Waals surface area contributed by atoms with Gasteiger partial charge in [-0.05, 0) is 69.1 Å². The molecule has 3 aromatic rings. The summed E-state index contributed by atoms with van der Waals surface area (Å²) in [5, 5.41) is 11.0. The van der Waals surface area contributed by atoms with Crippen molar-refractivity contribution in [1.29, 1.82) is 0 Å². The van der Waals surface area contributed by atoms with Gasteiger partial charge in [0.2, 0.25) is 0 Å². The molecule has 7 heteroatoms. The van der Waals surface area contributed by atoms with Gasteiger partial charge in [0.05, 0.1) is 30.7 Å². The van der Waals surface area contributed by atoms with Crippen LogP contribution in [0.3, 0.4) is 0 Å². The highest BCUT2D eigenvalue weighted by Crippen LogP contribution is 2.35. The van der Waals surface area contributed by atoms with Gasteiger partial charge in [-0.25, -0.2) is 0 Å². The first-order valence-electron chi connectivity index (χ1n) is 11.8. The van der Waals surface area contributed by atoms with E-state index >= 15 is 0 Å². The van der Waals surface area contributed by atoms with E-state index in [1.165, 1.54) is 0 Å². The molecule has 0 aliphatic carbocycles. The fourth-order valence-corrected chi connectivity index (χ4v) is 4.75. The highest BCUT2D eigenvalue weighted by atomic mass is 16.5. The van der Waals surface area contributed by atoms with Gasteiger partial charge < -0.3 is 14.4 Å². The van der Waals surface area contributed by atoms with Crippen LogP contribution in [0, 0.1) is 12.8 Å². The number of rotatable bonds is 7. The third-order valence-electron chi connectivity index (χ3n) is 6.52. The summed E-state index contributed by atoms with van der Waals surface area (Å²) in [5.74, 6) is -0.317. The predicted molar refractivity (Wildman–Crippen MR) is 130 cm³/mol. The minimum absolute atomic E-state index is 0.0128. The van der Waals surface area contributed by atoms with Crippen LogP contribution in [-0.4, -0.2) is 45.2 Å². The second-order valence-electron chi connectivity index (χ2n) is 8.71. The molecule has 1 aliphatic rings. The van der Waals surface area contributed by atoms with Gasteiger partial charge in [-0.1, -0.05) is 30.3 Å². The van der Waals surface area contributed by atoms with Crippen LogP contribution in [-0.2, 0) is 16.1 Å². The number of ether oxygens (including phenoxy) is 1. The first kappa shape index (κ1) is 23.7. The molecule has 2 aromatic heterocycles. The Balaban J connectivity index is 1.72. The van der Waals surface area contributed by atoms with Crippen LogP contribution in [0.4, 0.5) is 0 Å². The molecule has 0 saturated carbocycles. The average Bonchev–Trinajstić information content (AvgIpc) is 2.86. The zero-order valence-corrected chi connectivity index (χ0v) is 19.7. The van der Waals surface area contributed by atoms with Gasteiger partial charge in [0.15, 0.2) is 0 Å². The second-order valence-corrected chi connectivity index (χ2v) is 8.71. The molecule has 178 valence electrons. The van der Waals surface area contributed by atoms with Crippen LogP contribution >= 0.6 is 0 Å². The van der Waals surface area contributed by atoms with Crippen molar-refractivity contribution in [1.82, 2.24) is 14.5 Å². The third kappa shape index (κ3) is 5.04. The molecule has 1 unspecified atom stereocenters. The first-order valence-corrected chi connectivity index (χ1v) is 11.8. The van der Waals surface area contributed by atoms with E-state index in [-0.39, 0.29) is 23.2 Å². The van der Waals surface area contributed by atoms with Crippen molar-refractivity contribution in [2.75, 3.05) is 19.7 Å². The summed E-state index contributed by atoms with van der Waals surface area (Å²) >= 11 is 0. The van der Waals surface area contributed by atoms with Crippen LogP contribution in [0.15, 0.2) is 65.7 Å². The molecule has 1 aromatic carbocycles. The van der Waals surface area contributed by atoms with Gasteiger partial charge in [-0.15, -0.1) is 0 Å². The molecule has 0 bridgehead atoms. The number of aryl methyl sites for hydroxylation is 1. The van der Waals surface area contributed by atoms with Crippen molar-refractivity contribution in [2.24, 2.45) is 5.92 Å². The number of pyridine rings is 2. The lowest BCUT2D eigenvalue weighted by atomic mass is 9.91. The number of piperidine rings is 1. The second kappa shape index (κ2) is 10.7. The van der Waals surface area contributed by atoms with Crippen molar-refractivity contribution in [3.05, 3.63) is 93.7 Å². The minimum atomic E-state index is -0.443. The van der Waals surface area contributed by atoms with E-state index < -0.39 is 6.04 Å². The summed E-state index contributed by atoms with van der Waals surface area (Å²) in [6.45, 7) is 5.67. The van der Waals surface area contributed by atoms with Crippen LogP contribution in [0.5, 0.6) is 5.75 Å². The Bertz CT molecular complexity index is 1170. The lowest BCUT2D eigenvalue weighted by molar-refractivity contribution is -0.149. The standard InChI is InChI=1S/C27H31N3O4/c1-3-34-27(33)22-11-15-29(16-12-22)25(21-9-13-28-14-10-21)24-23(31)17-19(2)30(26(24)32)18-20-7-5-4-6-8-20/h4-10,13-14,17,22,25,31H,3,11-12,15-16,18H2,1-2H3. The number of hydrogen-bond donors (Lipinski definition) is 1. The van der Waals surface area contributed by atoms with Crippen molar-refractivity contribution >= 4 is 5.97 Å². The zero-order chi connectivity index (χ0) is 24.1. The van der Waals surface area contributed by atoms with E-state index in [1.54, 1.807) is 23.0 Å². The van der Waals surface area contributed by atoms with Gasteiger partial charge in [0, 0.05) is 18.1 Å². The Morgan fingerprint density at radius 1 is 1.15 bits per heavy atom. The SMILES string of the molecule is CCOC(=O)C1CCN(C(c2ccncc2)c2c(O)cc(C)n(Cc3ccccc3)c2=O)CC1. The van der Waals surface area contributed by atoms with Crippen molar-refractivity contribution < 1.29 is 14.6 Å². The number of esters is 1. The Morgan fingerprint density at radius 2 is 1.82 bits per heavy atom. The molecule has 4 rings (SSSR count). The summed E-state index contributed by atoms with van der Waals surface area (Å²) in [5.41, 5.74) is 2.73. The van der Waals surface area contributed by atoms with Crippen LogP contribution in [0.1, 0.15) is 48.2 Å². The molecular weight excluding hydrogens is 430 g/mol. The molecule has 1 aliphatic heterocycles. The maximum absolute atomic E-state index is 13.8. The topological polar surface area (TPSA) is 84.7 Å². The van der Waals surface area contributed by atoms with Gasteiger partial charge in [-0.3, -0.25) is 19.5 Å². The molecule has 34 heavy (non-hydrogen) atoms. The number of carbonyl (C=O) groups excluding carboxylic acids is 1. The molecule has 7 nitrogen and oxygen atoms in total. The Labute approximate surface area is 199 Å². The fourth-order valence-electron chi connectivity index (χ4n) is 4.75. The number of likely N-dealkylation sites (tertiary alicyclic amines) is 1. The molecule has 3 heterocycles. The highest BCUT2D eigenvalue weighted by Gasteiger charge is 2.34. The summed E-state index contributed by atoms with van der Waals surface area (Å²) in [4.78, 5) is 32.4. The Hall–Kier alpha value is -3.45. The average molecular weight is 462 g/mol. The first-order chi connectivity index (χ1) is 16.5. The molecule has 1 atom stereocenters. The molecular formula is C27H31N3O4. The number of carbonyl (C=O) groups is 1. The number of benzene rings is 1. The maximum atomic E-state index is 13.8. The van der Waals surface area contributed by atoms with Crippen molar-refractivity contribution in [3.8, 4) is 5.75 Å². The van der Waals surface area contributed by atoms with E-state index in [0.717, 1.165) is 11.1 Å². The monoisotopic (exact) mass is 461 g/mol. The highest BCUT2D eigenvalue weighted by molar-refractivity contribution is 5.72. The largest absolute Gasteiger partial charge is 0.507 e. The van der Waals surface area contributed by atoms with E-state index in [9.17, 15) is 14.7 Å². The third-order valence-corrected chi connectivity index (χ3v) is 6.52. The predicted octanol–water partition coefficient (Wildman–Crippen LogP) is 3.67. The van der Waals surface area contributed by atoms with Gasteiger partial charge in [0.1, 0.15) is 5.75 Å². The summed E-state index contributed by atoms with van der Waals surface area (Å²) < 4.78 is 6.92. The van der Waals surface area contributed by atoms with Crippen molar-refractivity contribution in [3.63, 3.8) is 0 Å². The van der Waals surface area contributed by atoms with Gasteiger partial charge in [0.25, 0.3) is 5.56 Å². The molecule has 1 N–H and O–H groups in total. The number of aromatic hydroxyl groups is 1. The zero-order valence-electron chi connectivity index (χ0n) is 19.7. The quantitative estimate of drug-likeness (QED) is 0.541. The summed E-state index contributed by atoms with van der Waals surface area (Å²) in [6.07, 6.45) is 4.68. The van der Waals surface area contributed by atoms with E-state index in [2.05, 4.69) is 9.88 Å². The van der Waals surface area contributed by atoms with E-state index in [1.807, 2.05) is 56.3 Å². The maximum Gasteiger partial charge on any atom is 0.309 e. The minimum Gasteiger partial charge on any atom is -0.507 e. The molecule has 0 amide bonds. The fraction of sp³-hybridized carbons (Fsp3) is 0.370. The van der Waals surface area contributed by atoms with Crippen LogP contribution in [0.25, 0.3) is 0 Å². The van der Waals surface area contributed by atoms with Crippen molar-refractivity contribution in [2.45, 2.75) is 39.3 Å². The lowest BCUT2D eigenvalue weighted by Crippen LogP contribution is -2.42. The van der Waals surface area contributed by atoms with Crippen LogP contribution in [0.2, 0.25) is 0 Å². The Morgan fingerprint density at radius 3 is 2.47 bits per heavy atom. The normalized spacial score (nSPS) is 15.7. The summed E-state index contributed by atoms with van der Waals surface area (Å²) in [6, 6.07) is 14.8. The number of nitrogens with zero attached hydrogens (tertiary/aromatic N) is 3. The smallest absolute Gasteiger partial charge is 0.309 e. The lowest BCUT2D eigenvalue weighted by Gasteiger charge is -2.37. The Kier molecular flexibility index (Phi) is 7.43. The van der Waals surface area contributed by atoms with Gasteiger partial charge >= 0.3 is 5.97 Å². The van der Waals surface area contributed by atoms with Crippen LogP contribution < -0.4 is 5.56 Å². The molecule has 0 spiro atoms.